The highest BCUT2D eigenvalue weighted by Gasteiger charge is 2.27. The van der Waals surface area contributed by atoms with Gasteiger partial charge in [-0.2, -0.15) is 5.10 Å². The Labute approximate surface area is 138 Å². The summed E-state index contributed by atoms with van der Waals surface area (Å²) in [5, 5.41) is 4.74. The molecule has 1 atom stereocenters. The van der Waals surface area contributed by atoms with Gasteiger partial charge in [-0.3, -0.25) is 4.79 Å². The molecule has 5 nitrogen and oxygen atoms in total. The van der Waals surface area contributed by atoms with Crippen molar-refractivity contribution in [2.24, 2.45) is 5.10 Å². The normalized spacial score (nSPS) is 16.8. The van der Waals surface area contributed by atoms with Crippen LogP contribution in [0.1, 0.15) is 12.5 Å². The van der Waals surface area contributed by atoms with Gasteiger partial charge in [0.05, 0.1) is 5.71 Å². The van der Waals surface area contributed by atoms with Gasteiger partial charge in [-0.1, -0.05) is 35.9 Å². The minimum atomic E-state index is -0.730. The number of ether oxygens (including phenoxy) is 2. The second-order valence-corrected chi connectivity index (χ2v) is 5.48. The number of para-hydroxylation sites is 2. The Morgan fingerprint density at radius 2 is 1.87 bits per heavy atom. The van der Waals surface area contributed by atoms with Gasteiger partial charge in [-0.05, 0) is 36.8 Å². The summed E-state index contributed by atoms with van der Waals surface area (Å²) in [5.41, 5.74) is 4.06. The highest BCUT2D eigenvalue weighted by Crippen LogP contribution is 2.30. The lowest BCUT2D eigenvalue weighted by molar-refractivity contribution is -0.130. The van der Waals surface area contributed by atoms with Crippen molar-refractivity contribution in [2.75, 3.05) is 6.61 Å². The lowest BCUT2D eigenvalue weighted by Crippen LogP contribution is -2.42. The highest BCUT2D eigenvalue weighted by atomic mass is 35.5. The summed E-state index contributed by atoms with van der Waals surface area (Å²) in [5.74, 6) is 0.836. The van der Waals surface area contributed by atoms with Gasteiger partial charge in [-0.25, -0.2) is 5.43 Å². The summed E-state index contributed by atoms with van der Waals surface area (Å²) in [6.45, 7) is 1.95. The van der Waals surface area contributed by atoms with Crippen LogP contribution in [0.4, 0.5) is 0 Å². The first-order valence-corrected chi connectivity index (χ1v) is 7.50. The van der Waals surface area contributed by atoms with Crippen LogP contribution in [-0.4, -0.2) is 24.3 Å². The fraction of sp³-hybridized carbons (Fsp3) is 0.176. The fourth-order valence-electron chi connectivity index (χ4n) is 2.12. The second kappa shape index (κ2) is 6.71. The summed E-state index contributed by atoms with van der Waals surface area (Å²) in [6.07, 6.45) is -0.730. The molecule has 118 valence electrons. The van der Waals surface area contributed by atoms with Crippen molar-refractivity contribution in [2.45, 2.75) is 13.0 Å². The molecule has 1 heterocycles. The van der Waals surface area contributed by atoms with Crippen LogP contribution in [0, 0.1) is 0 Å². The maximum atomic E-state index is 12.2. The van der Waals surface area contributed by atoms with Crippen molar-refractivity contribution >= 4 is 23.2 Å². The van der Waals surface area contributed by atoms with E-state index in [9.17, 15) is 4.79 Å². The number of nitrogens with one attached hydrogen (secondary N) is 1. The molecule has 0 fully saturated rings. The molecule has 0 spiro atoms. The minimum absolute atomic E-state index is 0.151. The number of amides is 1. The molecule has 2 aromatic carbocycles. The lowest BCUT2D eigenvalue weighted by atomic mass is 10.1. The molecule has 1 amide bonds. The highest BCUT2D eigenvalue weighted by molar-refractivity contribution is 6.30. The molecule has 0 radical (unpaired) electrons. The summed E-state index contributed by atoms with van der Waals surface area (Å²) in [4.78, 5) is 12.2. The monoisotopic (exact) mass is 330 g/mol. The van der Waals surface area contributed by atoms with E-state index in [4.69, 9.17) is 21.1 Å². The van der Waals surface area contributed by atoms with E-state index in [1.807, 2.05) is 24.3 Å². The quantitative estimate of drug-likeness (QED) is 0.695. The SMILES string of the molecule is CC(=NNC(=O)[C@@H]1COc2ccccc2O1)c1ccc(Cl)cc1. The van der Waals surface area contributed by atoms with Gasteiger partial charge in [0, 0.05) is 5.02 Å². The van der Waals surface area contributed by atoms with Crippen molar-refractivity contribution in [3.63, 3.8) is 0 Å². The van der Waals surface area contributed by atoms with Crippen LogP contribution in [0.3, 0.4) is 0 Å². The largest absolute Gasteiger partial charge is 0.485 e. The number of benzene rings is 2. The fourth-order valence-corrected chi connectivity index (χ4v) is 2.24. The Balaban J connectivity index is 1.63. The van der Waals surface area contributed by atoms with E-state index in [0.29, 0.717) is 22.2 Å². The Bertz CT molecular complexity index is 744. The van der Waals surface area contributed by atoms with Crippen LogP contribution in [0.25, 0.3) is 0 Å². The van der Waals surface area contributed by atoms with Gasteiger partial charge in [0.25, 0.3) is 5.91 Å². The van der Waals surface area contributed by atoms with Crippen LogP contribution in [-0.2, 0) is 4.79 Å². The van der Waals surface area contributed by atoms with E-state index >= 15 is 0 Å². The number of fused-ring (bicyclic) bond motifs is 1. The molecule has 23 heavy (non-hydrogen) atoms. The van der Waals surface area contributed by atoms with Gasteiger partial charge in [0.2, 0.25) is 6.10 Å². The first-order chi connectivity index (χ1) is 11.1. The predicted molar refractivity (Wildman–Crippen MR) is 88.2 cm³/mol. The van der Waals surface area contributed by atoms with Gasteiger partial charge >= 0.3 is 0 Å². The zero-order valence-corrected chi connectivity index (χ0v) is 13.2. The number of hydrogen-bond acceptors (Lipinski definition) is 4. The summed E-state index contributed by atoms with van der Waals surface area (Å²) >= 11 is 5.85. The Kier molecular flexibility index (Phi) is 4.48. The van der Waals surface area contributed by atoms with Crippen molar-refractivity contribution in [1.29, 1.82) is 0 Å². The van der Waals surface area contributed by atoms with Gasteiger partial charge in [0.15, 0.2) is 11.5 Å². The molecule has 1 aliphatic heterocycles. The van der Waals surface area contributed by atoms with Crippen LogP contribution in [0.5, 0.6) is 11.5 Å². The Hall–Kier alpha value is -2.53. The smallest absolute Gasteiger partial charge is 0.284 e. The third-order valence-electron chi connectivity index (χ3n) is 3.40. The van der Waals surface area contributed by atoms with Crippen molar-refractivity contribution < 1.29 is 14.3 Å². The molecule has 0 aliphatic carbocycles. The standard InChI is InChI=1S/C17H15ClN2O3/c1-11(12-6-8-13(18)9-7-12)19-20-17(21)16-10-22-14-4-2-3-5-15(14)23-16/h2-9,16H,10H2,1H3,(H,20,21)/t16-/m0/s1. The Morgan fingerprint density at radius 1 is 1.17 bits per heavy atom. The molecule has 6 heteroatoms. The Morgan fingerprint density at radius 3 is 2.61 bits per heavy atom. The zero-order chi connectivity index (χ0) is 16.2. The van der Waals surface area contributed by atoms with Gasteiger partial charge in [0.1, 0.15) is 6.61 Å². The molecule has 1 N–H and O–H groups in total. The molecule has 0 saturated heterocycles. The number of carbonyl (C=O) groups is 1. The number of nitrogens with zero attached hydrogens (tertiary/aromatic N) is 1. The molecule has 0 saturated carbocycles. The molecule has 0 bridgehead atoms. The number of rotatable bonds is 3. The van der Waals surface area contributed by atoms with Crippen molar-refractivity contribution in [3.05, 3.63) is 59.1 Å². The second-order valence-electron chi connectivity index (χ2n) is 5.04. The maximum absolute atomic E-state index is 12.2. The number of carbonyl (C=O) groups excluding carboxylic acids is 1. The van der Waals surface area contributed by atoms with Gasteiger partial charge < -0.3 is 9.47 Å². The van der Waals surface area contributed by atoms with Crippen LogP contribution >= 0.6 is 11.6 Å². The summed E-state index contributed by atoms with van der Waals surface area (Å²) in [7, 11) is 0. The number of hydrogen-bond donors (Lipinski definition) is 1. The van der Waals surface area contributed by atoms with Crippen LogP contribution in [0.15, 0.2) is 53.6 Å². The zero-order valence-electron chi connectivity index (χ0n) is 12.5. The third kappa shape index (κ3) is 3.63. The van der Waals surface area contributed by atoms with E-state index < -0.39 is 6.10 Å². The van der Waals surface area contributed by atoms with Gasteiger partial charge in [-0.15, -0.1) is 0 Å². The van der Waals surface area contributed by atoms with Crippen LogP contribution < -0.4 is 14.9 Å². The number of hydrazone groups is 1. The maximum Gasteiger partial charge on any atom is 0.284 e. The summed E-state index contributed by atoms with van der Waals surface area (Å²) in [6, 6.07) is 14.4. The van der Waals surface area contributed by atoms with E-state index in [0.717, 1.165) is 5.56 Å². The van der Waals surface area contributed by atoms with Crippen molar-refractivity contribution in [1.82, 2.24) is 5.43 Å². The molecule has 0 unspecified atom stereocenters. The molecule has 2 aromatic rings. The first kappa shape index (κ1) is 15.4. The van der Waals surface area contributed by atoms with Crippen LogP contribution in [0.2, 0.25) is 5.02 Å². The van der Waals surface area contributed by atoms with Crippen molar-refractivity contribution in [3.8, 4) is 11.5 Å². The van der Waals surface area contributed by atoms with E-state index in [1.54, 1.807) is 31.2 Å². The summed E-state index contributed by atoms with van der Waals surface area (Å²) < 4.78 is 11.1. The van der Waals surface area contributed by atoms with E-state index in [-0.39, 0.29) is 12.5 Å². The average Bonchev–Trinajstić information content (AvgIpc) is 2.59. The van der Waals surface area contributed by atoms with E-state index in [2.05, 4.69) is 10.5 Å². The predicted octanol–water partition coefficient (Wildman–Crippen LogP) is 3.02. The van der Waals surface area contributed by atoms with E-state index in [1.165, 1.54) is 0 Å². The minimum Gasteiger partial charge on any atom is -0.485 e. The molecule has 0 aromatic heterocycles. The lowest BCUT2D eigenvalue weighted by Gasteiger charge is -2.24. The average molecular weight is 331 g/mol. The number of halogens is 1. The third-order valence-corrected chi connectivity index (χ3v) is 3.65. The molecule has 1 aliphatic rings. The molecular formula is C17H15ClN2O3. The first-order valence-electron chi connectivity index (χ1n) is 7.12. The topological polar surface area (TPSA) is 59.9 Å². The molecule has 3 rings (SSSR count). The molecular weight excluding hydrogens is 316 g/mol.